The number of carbonyl (C=O) groups excluding carboxylic acids is 1. The highest BCUT2D eigenvalue weighted by Crippen LogP contribution is 2.18. The second kappa shape index (κ2) is 4.64. The Bertz CT molecular complexity index is 473. The van der Waals surface area contributed by atoms with Gasteiger partial charge in [-0.1, -0.05) is 0 Å². The fourth-order valence-corrected chi connectivity index (χ4v) is 1.36. The molecule has 0 aliphatic heterocycles. The monoisotopic (exact) mass is 251 g/mol. The van der Waals surface area contributed by atoms with Gasteiger partial charge in [-0.3, -0.25) is 19.4 Å². The minimum atomic E-state index is -4.40. The van der Waals surface area contributed by atoms with E-state index in [0.717, 1.165) is 4.68 Å². The summed E-state index contributed by atoms with van der Waals surface area (Å²) in [4.78, 5) is 22.0. The molecule has 0 unspecified atom stereocenters. The third-order valence-electron chi connectivity index (χ3n) is 2.20. The van der Waals surface area contributed by atoms with Crippen LogP contribution < -0.4 is 10.9 Å². The van der Waals surface area contributed by atoms with Gasteiger partial charge in [-0.2, -0.15) is 13.2 Å². The first-order valence-corrected chi connectivity index (χ1v) is 4.80. The van der Waals surface area contributed by atoms with Gasteiger partial charge in [0.2, 0.25) is 5.91 Å². The van der Waals surface area contributed by atoms with Gasteiger partial charge in [0.25, 0.3) is 5.56 Å². The van der Waals surface area contributed by atoms with Crippen LogP contribution in [0.3, 0.4) is 0 Å². The Kier molecular flexibility index (Phi) is 3.64. The zero-order chi connectivity index (χ0) is 13.2. The number of hydrogen-bond donors (Lipinski definition) is 2. The van der Waals surface area contributed by atoms with Crippen LogP contribution in [-0.4, -0.2) is 21.9 Å². The van der Waals surface area contributed by atoms with Crippen LogP contribution in [0.4, 0.5) is 13.2 Å². The Balaban J connectivity index is 2.94. The number of halogens is 3. The largest absolute Gasteiger partial charge is 0.407 e. The van der Waals surface area contributed by atoms with Gasteiger partial charge in [0.05, 0.1) is 12.1 Å². The first kappa shape index (κ1) is 13.3. The van der Waals surface area contributed by atoms with Crippen LogP contribution in [0.2, 0.25) is 0 Å². The molecular formula is C9H12F3N3O2. The average molecular weight is 251 g/mol. The molecule has 1 aromatic heterocycles. The van der Waals surface area contributed by atoms with E-state index >= 15 is 0 Å². The molecule has 0 atom stereocenters. The topological polar surface area (TPSA) is 66.9 Å². The highest BCUT2D eigenvalue weighted by Gasteiger charge is 2.29. The van der Waals surface area contributed by atoms with Gasteiger partial charge < -0.3 is 5.32 Å². The van der Waals surface area contributed by atoms with Crippen molar-refractivity contribution in [3.63, 3.8) is 0 Å². The van der Waals surface area contributed by atoms with Crippen LogP contribution in [0.15, 0.2) is 4.79 Å². The van der Waals surface area contributed by atoms with Crippen LogP contribution in [0.1, 0.15) is 18.2 Å². The minimum Gasteiger partial charge on any atom is -0.352 e. The van der Waals surface area contributed by atoms with Gasteiger partial charge >= 0.3 is 6.18 Å². The lowest BCUT2D eigenvalue weighted by Gasteiger charge is -2.09. The van der Waals surface area contributed by atoms with Gasteiger partial charge in [0.15, 0.2) is 0 Å². The summed E-state index contributed by atoms with van der Waals surface area (Å²) in [7, 11) is 0. The summed E-state index contributed by atoms with van der Waals surface area (Å²) < 4.78 is 37.2. The van der Waals surface area contributed by atoms with Crippen molar-refractivity contribution in [1.29, 1.82) is 0 Å². The highest BCUT2D eigenvalue weighted by atomic mass is 19.4. The quantitative estimate of drug-likeness (QED) is 0.829. The molecule has 0 aromatic carbocycles. The second-order valence-corrected chi connectivity index (χ2v) is 3.62. The van der Waals surface area contributed by atoms with Gasteiger partial charge in [-0.25, -0.2) is 0 Å². The molecule has 0 saturated carbocycles. The van der Waals surface area contributed by atoms with E-state index in [1.165, 1.54) is 13.8 Å². The van der Waals surface area contributed by atoms with Crippen molar-refractivity contribution in [2.45, 2.75) is 33.1 Å². The molecule has 2 N–H and O–H groups in total. The number of carbonyl (C=O) groups is 1. The predicted octanol–water partition coefficient (Wildman–Crippen LogP) is 0.683. The van der Waals surface area contributed by atoms with Gasteiger partial charge in [0, 0.05) is 12.6 Å². The van der Waals surface area contributed by atoms with Crippen molar-refractivity contribution in [1.82, 2.24) is 15.1 Å². The van der Waals surface area contributed by atoms with Crippen molar-refractivity contribution >= 4 is 5.91 Å². The van der Waals surface area contributed by atoms with E-state index < -0.39 is 18.3 Å². The van der Waals surface area contributed by atoms with Gasteiger partial charge in [-0.05, 0) is 6.92 Å². The molecule has 0 radical (unpaired) electrons. The van der Waals surface area contributed by atoms with E-state index in [-0.39, 0.29) is 23.7 Å². The average Bonchev–Trinajstić information content (AvgIpc) is 2.37. The molecule has 0 fully saturated rings. The summed E-state index contributed by atoms with van der Waals surface area (Å²) in [5, 5.41) is 4.45. The van der Waals surface area contributed by atoms with Crippen molar-refractivity contribution in [2.24, 2.45) is 0 Å². The lowest BCUT2D eigenvalue weighted by molar-refractivity contribution is -0.143. The summed E-state index contributed by atoms with van der Waals surface area (Å²) in [6.07, 6.45) is -4.40. The van der Waals surface area contributed by atoms with Crippen LogP contribution in [0.5, 0.6) is 0 Å². The van der Waals surface area contributed by atoms with Crippen LogP contribution in [-0.2, 0) is 17.9 Å². The fraction of sp³-hybridized carbons (Fsp3) is 0.556. The summed E-state index contributed by atoms with van der Waals surface area (Å²) >= 11 is 0. The third-order valence-corrected chi connectivity index (χ3v) is 2.20. The van der Waals surface area contributed by atoms with E-state index in [0.29, 0.717) is 0 Å². The van der Waals surface area contributed by atoms with Gasteiger partial charge in [-0.15, -0.1) is 0 Å². The van der Waals surface area contributed by atoms with E-state index in [9.17, 15) is 22.8 Å². The number of hydrogen-bond acceptors (Lipinski definition) is 2. The van der Waals surface area contributed by atoms with Crippen LogP contribution in [0, 0.1) is 6.92 Å². The number of aromatic nitrogens is 2. The number of amides is 1. The number of nitrogens with zero attached hydrogens (tertiary/aromatic N) is 1. The smallest absolute Gasteiger partial charge is 0.352 e. The molecule has 0 saturated heterocycles. The van der Waals surface area contributed by atoms with Crippen LogP contribution in [0.25, 0.3) is 0 Å². The molecule has 96 valence electrons. The van der Waals surface area contributed by atoms with Crippen molar-refractivity contribution in [2.75, 3.05) is 0 Å². The minimum absolute atomic E-state index is 0.0820. The standard InChI is InChI=1S/C9H12F3N3O2/c1-5-7(3-13-6(2)16)8(17)14-15(5)4-9(10,11)12/h3-4H2,1-2H3,(H,13,16)(H,14,17). The maximum Gasteiger partial charge on any atom is 0.407 e. The molecule has 8 heteroatoms. The first-order chi connectivity index (χ1) is 7.70. The molecule has 1 aromatic rings. The van der Waals surface area contributed by atoms with Crippen molar-refractivity contribution in [3.8, 4) is 0 Å². The molecule has 0 spiro atoms. The van der Waals surface area contributed by atoms with Crippen molar-refractivity contribution < 1.29 is 18.0 Å². The number of nitrogens with one attached hydrogen (secondary N) is 2. The second-order valence-electron chi connectivity index (χ2n) is 3.62. The zero-order valence-electron chi connectivity index (χ0n) is 9.31. The summed E-state index contributed by atoms with van der Waals surface area (Å²) in [6, 6.07) is 0. The number of rotatable bonds is 3. The number of alkyl halides is 3. The molecule has 1 heterocycles. The Hall–Kier alpha value is -1.73. The third kappa shape index (κ3) is 3.65. The Morgan fingerprint density at radius 1 is 1.47 bits per heavy atom. The number of aromatic amines is 1. The normalized spacial score (nSPS) is 11.6. The van der Waals surface area contributed by atoms with E-state index in [1.807, 2.05) is 0 Å². The summed E-state index contributed by atoms with van der Waals surface area (Å²) in [5.74, 6) is -0.354. The summed E-state index contributed by atoms with van der Waals surface area (Å²) in [5.41, 5.74) is -0.328. The Morgan fingerprint density at radius 2 is 2.06 bits per heavy atom. The number of H-pyrrole nitrogens is 1. The molecule has 17 heavy (non-hydrogen) atoms. The molecule has 1 rings (SSSR count). The molecular weight excluding hydrogens is 239 g/mol. The van der Waals surface area contributed by atoms with Crippen molar-refractivity contribution in [3.05, 3.63) is 21.6 Å². The van der Waals surface area contributed by atoms with Crippen LogP contribution >= 0.6 is 0 Å². The first-order valence-electron chi connectivity index (χ1n) is 4.80. The SMILES string of the molecule is CC(=O)NCc1c(C)n(CC(F)(F)F)[nH]c1=O. The molecule has 0 aliphatic carbocycles. The van der Waals surface area contributed by atoms with E-state index in [2.05, 4.69) is 10.4 Å². The predicted molar refractivity (Wildman–Crippen MR) is 53.4 cm³/mol. The Morgan fingerprint density at radius 3 is 2.53 bits per heavy atom. The summed E-state index contributed by atoms with van der Waals surface area (Å²) in [6.45, 7) is 1.31. The fourth-order valence-electron chi connectivity index (χ4n) is 1.36. The maximum atomic E-state index is 12.2. The lowest BCUT2D eigenvalue weighted by atomic mass is 10.2. The lowest BCUT2D eigenvalue weighted by Crippen LogP contribution is -2.22. The van der Waals surface area contributed by atoms with Gasteiger partial charge in [0.1, 0.15) is 6.54 Å². The highest BCUT2D eigenvalue weighted by molar-refractivity contribution is 5.72. The Labute approximate surface area is 94.6 Å². The molecule has 0 aliphatic rings. The zero-order valence-corrected chi connectivity index (χ0v) is 9.31. The molecule has 1 amide bonds. The molecule has 5 nitrogen and oxygen atoms in total. The van der Waals surface area contributed by atoms with E-state index in [4.69, 9.17) is 0 Å². The molecule has 0 bridgehead atoms. The maximum absolute atomic E-state index is 12.2. The van der Waals surface area contributed by atoms with E-state index in [1.54, 1.807) is 0 Å².